The third kappa shape index (κ3) is 6.67. The third-order valence-corrected chi connectivity index (χ3v) is 2.35. The van der Waals surface area contributed by atoms with E-state index in [1.54, 1.807) is 6.92 Å². The molecule has 1 unspecified atom stereocenters. The maximum atomic E-state index is 11.6. The Hall–Kier alpha value is -1.75. The molecule has 2 amide bonds. The van der Waals surface area contributed by atoms with Gasteiger partial charge in [0.2, 0.25) is 11.8 Å². The molecule has 0 aliphatic carbocycles. The van der Waals surface area contributed by atoms with Crippen molar-refractivity contribution in [2.24, 2.45) is 0 Å². The van der Waals surface area contributed by atoms with Crippen LogP contribution in [-0.2, 0) is 9.59 Å². The van der Waals surface area contributed by atoms with Crippen molar-refractivity contribution in [3.63, 3.8) is 0 Å². The van der Waals surface area contributed by atoms with E-state index in [9.17, 15) is 9.59 Å². The maximum absolute atomic E-state index is 11.6. The van der Waals surface area contributed by atoms with E-state index in [4.69, 9.17) is 0 Å². The fourth-order valence-corrected chi connectivity index (χ4v) is 1.42. The molecule has 0 fully saturated rings. The van der Waals surface area contributed by atoms with Crippen molar-refractivity contribution in [3.05, 3.63) is 30.3 Å². The molecule has 1 atom stereocenters. The number of carbonyl (C=O) groups excluding carboxylic acids is 2. The number of halogens is 1. The summed E-state index contributed by atoms with van der Waals surface area (Å²) < 4.78 is 0. The summed E-state index contributed by atoms with van der Waals surface area (Å²) in [6.45, 7) is 4.20. The zero-order valence-electron chi connectivity index (χ0n) is 11.1. The molecular weight excluding hydrogens is 266 g/mol. The minimum atomic E-state index is -0.518. The predicted molar refractivity (Wildman–Crippen MR) is 78.5 cm³/mol. The number of para-hydroxylation sites is 1. The molecular formula is C13H20ClN3O2. The SMILES string of the molecule is CCNC(=O)C(C)NC(=O)CNc1ccccc1.Cl. The summed E-state index contributed by atoms with van der Waals surface area (Å²) >= 11 is 0. The van der Waals surface area contributed by atoms with Crippen LogP contribution in [0, 0.1) is 0 Å². The molecule has 106 valence electrons. The Bertz CT molecular complexity index is 398. The third-order valence-electron chi connectivity index (χ3n) is 2.35. The Balaban J connectivity index is 0.00000324. The number of nitrogens with one attached hydrogen (secondary N) is 3. The van der Waals surface area contributed by atoms with Gasteiger partial charge in [0, 0.05) is 12.2 Å². The van der Waals surface area contributed by atoms with Crippen molar-refractivity contribution < 1.29 is 9.59 Å². The molecule has 0 spiro atoms. The van der Waals surface area contributed by atoms with Crippen LogP contribution in [0.1, 0.15) is 13.8 Å². The summed E-state index contributed by atoms with van der Waals surface area (Å²) in [5.41, 5.74) is 0.873. The topological polar surface area (TPSA) is 70.2 Å². The van der Waals surface area contributed by atoms with Crippen LogP contribution in [0.5, 0.6) is 0 Å². The average Bonchev–Trinajstić information content (AvgIpc) is 2.38. The first-order chi connectivity index (χ1) is 8.63. The van der Waals surface area contributed by atoms with Gasteiger partial charge in [-0.1, -0.05) is 18.2 Å². The average molecular weight is 286 g/mol. The molecule has 0 saturated heterocycles. The van der Waals surface area contributed by atoms with Crippen LogP contribution >= 0.6 is 12.4 Å². The van der Waals surface area contributed by atoms with E-state index in [1.165, 1.54) is 0 Å². The zero-order chi connectivity index (χ0) is 13.4. The summed E-state index contributed by atoms with van der Waals surface area (Å²) in [5.74, 6) is -0.386. The first-order valence-electron chi connectivity index (χ1n) is 5.99. The number of anilines is 1. The van der Waals surface area contributed by atoms with Gasteiger partial charge in [-0.15, -0.1) is 12.4 Å². The van der Waals surface area contributed by atoms with Crippen molar-refractivity contribution in [1.29, 1.82) is 0 Å². The highest BCUT2D eigenvalue weighted by atomic mass is 35.5. The Morgan fingerprint density at radius 2 is 1.84 bits per heavy atom. The standard InChI is InChI=1S/C13H19N3O2.ClH/c1-3-14-13(18)10(2)16-12(17)9-15-11-7-5-4-6-8-11;/h4-8,10,15H,3,9H2,1-2H3,(H,14,18)(H,16,17);1H. The predicted octanol–water partition coefficient (Wildman–Crippen LogP) is 1.16. The Kier molecular flexibility index (Phi) is 8.37. The first kappa shape index (κ1) is 17.2. The fraction of sp³-hybridized carbons (Fsp3) is 0.385. The van der Waals surface area contributed by atoms with Gasteiger partial charge in [0.05, 0.1) is 6.54 Å². The molecule has 5 nitrogen and oxygen atoms in total. The van der Waals surface area contributed by atoms with E-state index in [1.807, 2.05) is 37.3 Å². The maximum Gasteiger partial charge on any atom is 0.242 e. The Morgan fingerprint density at radius 3 is 2.42 bits per heavy atom. The van der Waals surface area contributed by atoms with Gasteiger partial charge >= 0.3 is 0 Å². The van der Waals surface area contributed by atoms with Gasteiger partial charge in [-0.2, -0.15) is 0 Å². The number of carbonyl (C=O) groups is 2. The fourth-order valence-electron chi connectivity index (χ4n) is 1.42. The number of rotatable bonds is 6. The molecule has 0 radical (unpaired) electrons. The van der Waals surface area contributed by atoms with E-state index in [0.29, 0.717) is 6.54 Å². The number of hydrogen-bond acceptors (Lipinski definition) is 3. The second kappa shape index (κ2) is 9.22. The molecule has 0 saturated carbocycles. The highest BCUT2D eigenvalue weighted by molar-refractivity contribution is 5.88. The molecule has 0 bridgehead atoms. The van der Waals surface area contributed by atoms with Crippen LogP contribution in [0.4, 0.5) is 5.69 Å². The van der Waals surface area contributed by atoms with Crippen LogP contribution in [0.3, 0.4) is 0 Å². The van der Waals surface area contributed by atoms with Crippen LogP contribution in [0.2, 0.25) is 0 Å². The van der Waals surface area contributed by atoms with E-state index >= 15 is 0 Å². The molecule has 19 heavy (non-hydrogen) atoms. The lowest BCUT2D eigenvalue weighted by Crippen LogP contribution is -2.46. The summed E-state index contributed by atoms with van der Waals surface area (Å²) in [6, 6.07) is 8.91. The molecule has 1 rings (SSSR count). The monoisotopic (exact) mass is 285 g/mol. The largest absolute Gasteiger partial charge is 0.376 e. The van der Waals surface area contributed by atoms with E-state index in [-0.39, 0.29) is 30.8 Å². The molecule has 0 aromatic heterocycles. The van der Waals surface area contributed by atoms with Crippen LogP contribution in [0.15, 0.2) is 30.3 Å². The Labute approximate surface area is 119 Å². The van der Waals surface area contributed by atoms with Gasteiger partial charge in [0.15, 0.2) is 0 Å². The minimum absolute atomic E-state index is 0. The summed E-state index contributed by atoms with van der Waals surface area (Å²) in [5, 5.41) is 8.25. The molecule has 0 aliphatic rings. The molecule has 3 N–H and O–H groups in total. The summed E-state index contributed by atoms with van der Waals surface area (Å²) in [4.78, 5) is 23.0. The molecule has 6 heteroatoms. The van der Waals surface area contributed by atoms with Crippen molar-refractivity contribution in [3.8, 4) is 0 Å². The number of likely N-dealkylation sites (N-methyl/N-ethyl adjacent to an activating group) is 1. The van der Waals surface area contributed by atoms with Crippen LogP contribution in [-0.4, -0.2) is 30.9 Å². The minimum Gasteiger partial charge on any atom is -0.376 e. The number of hydrogen-bond donors (Lipinski definition) is 3. The van der Waals surface area contributed by atoms with Crippen molar-refractivity contribution in [1.82, 2.24) is 10.6 Å². The van der Waals surface area contributed by atoms with Crippen LogP contribution in [0.25, 0.3) is 0 Å². The van der Waals surface area contributed by atoms with Crippen molar-refractivity contribution in [2.75, 3.05) is 18.4 Å². The zero-order valence-corrected chi connectivity index (χ0v) is 11.9. The van der Waals surface area contributed by atoms with Gasteiger partial charge < -0.3 is 16.0 Å². The number of amides is 2. The second-order valence-corrected chi connectivity index (χ2v) is 3.90. The lowest BCUT2D eigenvalue weighted by Gasteiger charge is -2.13. The molecule has 0 heterocycles. The van der Waals surface area contributed by atoms with E-state index < -0.39 is 6.04 Å². The van der Waals surface area contributed by atoms with Gasteiger partial charge in [-0.05, 0) is 26.0 Å². The Morgan fingerprint density at radius 1 is 1.21 bits per heavy atom. The van der Waals surface area contributed by atoms with E-state index in [0.717, 1.165) is 5.69 Å². The second-order valence-electron chi connectivity index (χ2n) is 3.90. The van der Waals surface area contributed by atoms with Gasteiger partial charge in [-0.3, -0.25) is 9.59 Å². The van der Waals surface area contributed by atoms with E-state index in [2.05, 4.69) is 16.0 Å². The van der Waals surface area contributed by atoms with Gasteiger partial charge in [-0.25, -0.2) is 0 Å². The summed E-state index contributed by atoms with van der Waals surface area (Å²) in [6.07, 6.45) is 0. The number of benzene rings is 1. The lowest BCUT2D eigenvalue weighted by atomic mass is 10.3. The molecule has 1 aromatic rings. The summed E-state index contributed by atoms with van der Waals surface area (Å²) in [7, 11) is 0. The highest BCUT2D eigenvalue weighted by Gasteiger charge is 2.13. The lowest BCUT2D eigenvalue weighted by molar-refractivity contribution is -0.127. The quantitative estimate of drug-likeness (QED) is 0.735. The van der Waals surface area contributed by atoms with Crippen molar-refractivity contribution >= 4 is 29.9 Å². The van der Waals surface area contributed by atoms with Gasteiger partial charge in [0.25, 0.3) is 0 Å². The smallest absolute Gasteiger partial charge is 0.242 e. The van der Waals surface area contributed by atoms with Gasteiger partial charge in [0.1, 0.15) is 6.04 Å². The highest BCUT2D eigenvalue weighted by Crippen LogP contribution is 2.03. The first-order valence-corrected chi connectivity index (χ1v) is 5.99. The van der Waals surface area contributed by atoms with Crippen LogP contribution < -0.4 is 16.0 Å². The normalized spacial score (nSPS) is 10.8. The molecule has 0 aliphatic heterocycles. The molecule has 1 aromatic carbocycles. The van der Waals surface area contributed by atoms with Crippen molar-refractivity contribution in [2.45, 2.75) is 19.9 Å².